The van der Waals surface area contributed by atoms with E-state index < -0.39 is 28.0 Å². The lowest BCUT2D eigenvalue weighted by Gasteiger charge is -2.43. The molecule has 6 rings (SSSR count). The molecule has 3 N–H and O–H groups in total. The summed E-state index contributed by atoms with van der Waals surface area (Å²) in [6.07, 6.45) is 9.83. The Morgan fingerprint density at radius 2 is 1.67 bits per heavy atom. The van der Waals surface area contributed by atoms with Crippen LogP contribution in [0.4, 0.5) is 4.79 Å². The van der Waals surface area contributed by atoms with Crippen LogP contribution in [0.15, 0.2) is 72.8 Å². The van der Waals surface area contributed by atoms with Gasteiger partial charge in [-0.05, 0) is 110 Å². The van der Waals surface area contributed by atoms with Gasteiger partial charge in [-0.3, -0.25) is 14.5 Å². The molecule has 3 fully saturated rings. The summed E-state index contributed by atoms with van der Waals surface area (Å²) >= 11 is 0. The standard InChI is InChI=1S/C48H67N5O7S/c1-4-39-19-17-36(31-45(39)59-2)18-20-44(54)43-34-52(47(56)60-41-15-11-14-38(30-41)32-49)27-28-53(43)46(55)42(16-9-6-10-29-61(3,57)58)50-40-21-23-48(24-22-40)25-26-51(35-48)33-37-12-7-5-8-13-37/h5,7-8,11-15,17,19,30-31,40,42-43,50H,4,6,9-10,16,18,20-29,32-35,49H2,1-3H3/t40?,42-,43+,48?/m1/s1. The van der Waals surface area contributed by atoms with Crippen molar-refractivity contribution in [3.8, 4) is 11.5 Å². The van der Waals surface area contributed by atoms with Crippen molar-refractivity contribution in [2.45, 2.75) is 115 Å². The minimum Gasteiger partial charge on any atom is -0.496 e. The average molecular weight is 858 g/mol. The van der Waals surface area contributed by atoms with Gasteiger partial charge in [0.05, 0.1) is 19.7 Å². The number of hydrogen-bond acceptors (Lipinski definition) is 10. The van der Waals surface area contributed by atoms with E-state index in [1.165, 1.54) is 23.1 Å². The molecule has 1 saturated carbocycles. The summed E-state index contributed by atoms with van der Waals surface area (Å²) in [5.74, 6) is 1.00. The Morgan fingerprint density at radius 1 is 0.902 bits per heavy atom. The van der Waals surface area contributed by atoms with Crippen LogP contribution in [0, 0.1) is 5.41 Å². The zero-order valence-electron chi connectivity index (χ0n) is 36.5. The number of aryl methyl sites for hydroxylation is 2. The third-order valence-electron chi connectivity index (χ3n) is 13.1. The number of carbonyl (C=O) groups excluding carboxylic acids is 3. The number of nitrogens with two attached hydrogens (primary N) is 1. The summed E-state index contributed by atoms with van der Waals surface area (Å²) in [5.41, 5.74) is 10.3. The van der Waals surface area contributed by atoms with Gasteiger partial charge in [0, 0.05) is 57.2 Å². The number of ether oxygens (including phenoxy) is 2. The van der Waals surface area contributed by atoms with Crippen LogP contribution in [-0.2, 0) is 45.4 Å². The molecule has 2 aliphatic heterocycles. The van der Waals surface area contributed by atoms with Gasteiger partial charge in [0.25, 0.3) is 0 Å². The van der Waals surface area contributed by atoms with Gasteiger partial charge < -0.3 is 30.3 Å². The molecule has 332 valence electrons. The number of methoxy groups -OCH3 is 1. The number of hydrogen-bond donors (Lipinski definition) is 2. The Hall–Kier alpha value is -4.30. The molecule has 2 atom stereocenters. The largest absolute Gasteiger partial charge is 0.496 e. The van der Waals surface area contributed by atoms with Crippen molar-refractivity contribution >= 4 is 27.6 Å². The molecule has 1 spiro atoms. The van der Waals surface area contributed by atoms with E-state index in [4.69, 9.17) is 15.2 Å². The first-order chi connectivity index (χ1) is 29.4. The molecule has 3 aliphatic rings. The molecular weight excluding hydrogens is 791 g/mol. The summed E-state index contributed by atoms with van der Waals surface area (Å²) < 4.78 is 35.1. The van der Waals surface area contributed by atoms with Crippen molar-refractivity contribution in [2.75, 3.05) is 51.8 Å². The molecule has 0 unspecified atom stereocenters. The SMILES string of the molecule is CCc1ccc(CCC(=O)[C@@H]2CN(C(=O)Oc3cccc(CN)c3)CCN2C(=O)[C@@H](CCCCCS(C)(=O)=O)NC2CCC3(CC2)CCN(Cc2ccccc2)C3)cc1OC. The summed E-state index contributed by atoms with van der Waals surface area (Å²) in [5, 5.41) is 3.77. The predicted octanol–water partition coefficient (Wildman–Crippen LogP) is 6.33. The summed E-state index contributed by atoms with van der Waals surface area (Å²) in [7, 11) is -1.44. The van der Waals surface area contributed by atoms with Gasteiger partial charge in [-0.25, -0.2) is 13.2 Å². The molecule has 12 nitrogen and oxygen atoms in total. The summed E-state index contributed by atoms with van der Waals surface area (Å²) in [6, 6.07) is 22.5. The van der Waals surface area contributed by atoms with E-state index >= 15 is 0 Å². The van der Waals surface area contributed by atoms with E-state index in [2.05, 4.69) is 47.5 Å². The highest BCUT2D eigenvalue weighted by molar-refractivity contribution is 7.90. The summed E-state index contributed by atoms with van der Waals surface area (Å²) in [4.78, 5) is 48.6. The Bertz CT molecular complexity index is 2040. The first-order valence-corrected chi connectivity index (χ1v) is 24.4. The highest BCUT2D eigenvalue weighted by Crippen LogP contribution is 2.44. The molecule has 3 aromatic rings. The number of Topliss-reactive ketones (excluding diaryl/α,β-unsaturated/α-hetero) is 1. The third kappa shape index (κ3) is 13.1. The predicted molar refractivity (Wildman–Crippen MR) is 239 cm³/mol. The van der Waals surface area contributed by atoms with Crippen LogP contribution in [0.2, 0.25) is 0 Å². The maximum Gasteiger partial charge on any atom is 0.415 e. The normalized spacial score (nSPS) is 21.4. The number of unbranched alkanes of at least 4 members (excludes halogenated alkanes) is 2. The monoisotopic (exact) mass is 857 g/mol. The van der Waals surface area contributed by atoms with Crippen LogP contribution in [0.25, 0.3) is 0 Å². The van der Waals surface area contributed by atoms with E-state index in [1.54, 1.807) is 30.2 Å². The lowest BCUT2D eigenvalue weighted by atomic mass is 9.72. The molecule has 2 amide bonds. The van der Waals surface area contributed by atoms with Crippen molar-refractivity contribution in [3.05, 3.63) is 95.1 Å². The third-order valence-corrected chi connectivity index (χ3v) is 14.1. The first-order valence-electron chi connectivity index (χ1n) is 22.3. The number of benzene rings is 3. The molecule has 2 heterocycles. The second-order valence-corrected chi connectivity index (χ2v) is 19.9. The number of piperazine rings is 1. The number of nitrogens with one attached hydrogen (secondary N) is 1. The van der Waals surface area contributed by atoms with Crippen LogP contribution < -0.4 is 20.5 Å². The average Bonchev–Trinajstić information content (AvgIpc) is 3.66. The van der Waals surface area contributed by atoms with Crippen molar-refractivity contribution < 1.29 is 32.3 Å². The smallest absolute Gasteiger partial charge is 0.415 e. The van der Waals surface area contributed by atoms with Crippen LogP contribution in [0.1, 0.15) is 93.4 Å². The molecule has 0 bridgehead atoms. The Morgan fingerprint density at radius 3 is 2.39 bits per heavy atom. The van der Waals surface area contributed by atoms with Gasteiger partial charge in [-0.2, -0.15) is 0 Å². The lowest BCUT2D eigenvalue weighted by Crippen LogP contribution is -2.63. The van der Waals surface area contributed by atoms with E-state index in [1.807, 2.05) is 24.3 Å². The zero-order valence-corrected chi connectivity index (χ0v) is 37.3. The fourth-order valence-corrected chi connectivity index (χ4v) is 10.3. The van der Waals surface area contributed by atoms with Gasteiger partial charge in [0.15, 0.2) is 5.78 Å². The lowest BCUT2D eigenvalue weighted by molar-refractivity contribution is -0.144. The molecule has 1 aliphatic carbocycles. The highest BCUT2D eigenvalue weighted by atomic mass is 32.2. The fourth-order valence-electron chi connectivity index (χ4n) is 9.52. The van der Waals surface area contributed by atoms with Crippen molar-refractivity contribution in [1.82, 2.24) is 20.0 Å². The van der Waals surface area contributed by atoms with Gasteiger partial charge >= 0.3 is 6.09 Å². The van der Waals surface area contributed by atoms with Crippen LogP contribution in [0.5, 0.6) is 11.5 Å². The maximum absolute atomic E-state index is 14.9. The summed E-state index contributed by atoms with van der Waals surface area (Å²) in [6.45, 7) is 5.93. The zero-order chi connectivity index (χ0) is 43.4. The van der Waals surface area contributed by atoms with Crippen LogP contribution in [0.3, 0.4) is 0 Å². The number of sulfone groups is 1. The Kier molecular flexibility index (Phi) is 16.4. The first kappa shape index (κ1) is 46.2. The van der Waals surface area contributed by atoms with Crippen molar-refractivity contribution in [3.63, 3.8) is 0 Å². The number of rotatable bonds is 19. The fraction of sp³-hybridized carbons (Fsp3) is 0.562. The molecule has 61 heavy (non-hydrogen) atoms. The number of carbonyl (C=O) groups is 3. The maximum atomic E-state index is 14.9. The Balaban J connectivity index is 1.16. The van der Waals surface area contributed by atoms with Gasteiger partial charge in [-0.1, -0.05) is 74.4 Å². The topological polar surface area (TPSA) is 152 Å². The van der Waals surface area contributed by atoms with Gasteiger partial charge in [0.2, 0.25) is 5.91 Å². The van der Waals surface area contributed by atoms with Gasteiger partial charge in [0.1, 0.15) is 27.4 Å². The number of amides is 2. The molecule has 0 radical (unpaired) electrons. The number of nitrogens with zero attached hydrogens (tertiary/aromatic N) is 3. The molecular formula is C48H67N5O7S. The molecule has 3 aromatic carbocycles. The van der Waals surface area contributed by atoms with E-state index in [9.17, 15) is 22.8 Å². The highest BCUT2D eigenvalue weighted by Gasteiger charge is 2.43. The second-order valence-electron chi connectivity index (χ2n) is 17.6. The minimum absolute atomic E-state index is 0.0184. The molecule has 13 heteroatoms. The van der Waals surface area contributed by atoms with Crippen molar-refractivity contribution in [1.29, 1.82) is 0 Å². The number of ketones is 1. The Labute approximate surface area is 363 Å². The van der Waals surface area contributed by atoms with Crippen LogP contribution >= 0.6 is 0 Å². The van der Waals surface area contributed by atoms with Crippen molar-refractivity contribution in [2.24, 2.45) is 11.1 Å². The van der Waals surface area contributed by atoms with Crippen LogP contribution in [-0.4, -0.2) is 111 Å². The van der Waals surface area contributed by atoms with E-state index in [0.29, 0.717) is 44.4 Å². The van der Waals surface area contributed by atoms with Gasteiger partial charge in [-0.15, -0.1) is 0 Å². The minimum atomic E-state index is -3.09. The van der Waals surface area contributed by atoms with E-state index in [-0.39, 0.29) is 55.0 Å². The second kappa shape index (κ2) is 21.7. The molecule has 0 aromatic heterocycles. The quantitative estimate of drug-likeness (QED) is 0.131. The number of likely N-dealkylation sites (tertiary alicyclic amines) is 1. The van der Waals surface area contributed by atoms with E-state index in [0.717, 1.165) is 74.2 Å². The molecule has 2 saturated heterocycles.